The van der Waals surface area contributed by atoms with Crippen LogP contribution in [0.25, 0.3) is 0 Å². The van der Waals surface area contributed by atoms with Crippen molar-refractivity contribution >= 4 is 27.7 Å². The van der Waals surface area contributed by atoms with Crippen LogP contribution in [0.5, 0.6) is 17.2 Å². The van der Waals surface area contributed by atoms with Crippen molar-refractivity contribution in [2.75, 3.05) is 27.4 Å². The number of benzene rings is 3. The number of hydrogen-bond acceptors (Lipinski definition) is 8. The molecule has 3 aromatic rings. The fourth-order valence-corrected chi connectivity index (χ4v) is 4.76. The predicted octanol–water partition coefficient (Wildman–Crippen LogP) is 4.88. The van der Waals surface area contributed by atoms with E-state index in [1.807, 2.05) is 60.7 Å². The molecule has 0 aliphatic carbocycles. The van der Waals surface area contributed by atoms with Gasteiger partial charge in [0.05, 0.1) is 20.8 Å². The number of nitrogens with one attached hydrogen (secondary N) is 2. The molecule has 0 fully saturated rings. The zero-order chi connectivity index (χ0) is 29.2. The number of nitrogens with zero attached hydrogens (tertiary/aromatic N) is 1. The number of hydrogen-bond donors (Lipinski definition) is 3. The van der Waals surface area contributed by atoms with E-state index in [2.05, 4.69) is 33.4 Å². The summed E-state index contributed by atoms with van der Waals surface area (Å²) in [5, 5.41) is 8.99. The summed E-state index contributed by atoms with van der Waals surface area (Å²) in [6.07, 6.45) is 1.75. The summed E-state index contributed by atoms with van der Waals surface area (Å²) in [6, 6.07) is 20.4. The molecule has 1 aliphatic heterocycles. The van der Waals surface area contributed by atoms with Gasteiger partial charge in [-0.2, -0.15) is 0 Å². The lowest BCUT2D eigenvalue weighted by molar-refractivity contribution is -0.129. The lowest BCUT2D eigenvalue weighted by Crippen LogP contribution is -2.52. The fourth-order valence-electron chi connectivity index (χ4n) is 4.50. The second-order valence-electron chi connectivity index (χ2n) is 9.32. The van der Waals surface area contributed by atoms with Crippen LogP contribution >= 0.6 is 15.9 Å². The smallest absolute Gasteiger partial charge is 0.266 e. The predicted molar refractivity (Wildman–Crippen MR) is 160 cm³/mol. The Labute approximate surface area is 248 Å². The van der Waals surface area contributed by atoms with Crippen LogP contribution in [0, 0.1) is 0 Å². The molecule has 3 aromatic carbocycles. The molecule has 4 rings (SSSR count). The Bertz CT molecular complexity index is 1360. The lowest BCUT2D eigenvalue weighted by atomic mass is 9.84. The zero-order valence-corrected chi connectivity index (χ0v) is 24.6. The van der Waals surface area contributed by atoms with Crippen molar-refractivity contribution in [3.8, 4) is 17.2 Å². The van der Waals surface area contributed by atoms with E-state index in [1.165, 1.54) is 0 Å². The third-order valence-corrected chi connectivity index (χ3v) is 7.16. The molecule has 10 heteroatoms. The maximum atomic E-state index is 13.9. The Morgan fingerprint density at radius 1 is 1.10 bits per heavy atom. The number of carbonyl (C=O) groups excluding carboxylic acids is 1. The average Bonchev–Trinajstić information content (AvgIpc) is 3.38. The van der Waals surface area contributed by atoms with Gasteiger partial charge in [0.15, 0.2) is 11.6 Å². The molecule has 0 spiro atoms. The van der Waals surface area contributed by atoms with Crippen molar-refractivity contribution < 1.29 is 28.8 Å². The number of rotatable bonds is 14. The zero-order valence-electron chi connectivity index (χ0n) is 23.1. The van der Waals surface area contributed by atoms with Crippen molar-refractivity contribution in [1.82, 2.24) is 10.9 Å². The van der Waals surface area contributed by atoms with E-state index in [0.29, 0.717) is 48.3 Å². The first-order valence-corrected chi connectivity index (χ1v) is 13.9. The monoisotopic (exact) mass is 623 g/mol. The molecule has 9 nitrogen and oxygen atoms in total. The molecule has 41 heavy (non-hydrogen) atoms. The molecule has 216 valence electrons. The molecule has 3 N–H and O–H groups in total. The highest BCUT2D eigenvalue weighted by Crippen LogP contribution is 2.43. The van der Waals surface area contributed by atoms with Gasteiger partial charge in [-0.25, -0.2) is 10.4 Å². The van der Waals surface area contributed by atoms with Gasteiger partial charge in [-0.15, -0.1) is 6.58 Å². The number of methoxy groups -OCH3 is 2. The van der Waals surface area contributed by atoms with Crippen LogP contribution in [0.2, 0.25) is 0 Å². The lowest BCUT2D eigenvalue weighted by Gasteiger charge is -2.29. The van der Waals surface area contributed by atoms with Crippen molar-refractivity contribution in [3.05, 3.63) is 101 Å². The normalized spacial score (nSPS) is 17.8. The van der Waals surface area contributed by atoms with E-state index in [9.17, 15) is 4.79 Å². The number of aliphatic hydroxyl groups is 1. The second-order valence-corrected chi connectivity index (χ2v) is 10.2. The summed E-state index contributed by atoms with van der Waals surface area (Å²) in [6.45, 7) is 4.70. The summed E-state index contributed by atoms with van der Waals surface area (Å²) < 4.78 is 23.7. The molecule has 0 radical (unpaired) electrons. The Balaban J connectivity index is 1.60. The highest BCUT2D eigenvalue weighted by Gasteiger charge is 2.52. The van der Waals surface area contributed by atoms with E-state index < -0.39 is 11.6 Å². The number of hydrazine groups is 1. The van der Waals surface area contributed by atoms with Crippen LogP contribution in [0.4, 0.5) is 0 Å². The molecular weight excluding hydrogens is 590 g/mol. The second kappa shape index (κ2) is 14.2. The Kier molecular flexibility index (Phi) is 10.4. The van der Waals surface area contributed by atoms with Crippen LogP contribution in [0.1, 0.15) is 35.6 Å². The number of aliphatic imine (C=N–C) groups is 1. The quantitative estimate of drug-likeness (QED) is 0.133. The van der Waals surface area contributed by atoms with Gasteiger partial charge in [-0.3, -0.25) is 10.2 Å². The van der Waals surface area contributed by atoms with Crippen LogP contribution < -0.4 is 25.1 Å². The Morgan fingerprint density at radius 3 is 2.49 bits per heavy atom. The maximum Gasteiger partial charge on any atom is 0.266 e. The Hall–Kier alpha value is -3.86. The summed E-state index contributed by atoms with van der Waals surface area (Å²) in [7, 11) is 3.17. The van der Waals surface area contributed by atoms with Gasteiger partial charge in [0.25, 0.3) is 5.91 Å². The van der Waals surface area contributed by atoms with Crippen molar-refractivity contribution in [2.24, 2.45) is 4.99 Å². The number of halogens is 1. The van der Waals surface area contributed by atoms with E-state index in [-0.39, 0.29) is 18.9 Å². The minimum Gasteiger partial charge on any atom is -0.497 e. The fraction of sp³-hybridized carbons (Fsp3) is 0.290. The molecule has 1 heterocycles. The van der Waals surface area contributed by atoms with E-state index in [0.717, 1.165) is 15.6 Å². The first-order chi connectivity index (χ1) is 19.9. The third kappa shape index (κ3) is 7.08. The summed E-state index contributed by atoms with van der Waals surface area (Å²) in [4.78, 5) is 18.8. The molecule has 0 saturated carbocycles. The molecule has 0 saturated heterocycles. The number of carbonyl (C=O) groups is 1. The molecule has 2 atom stereocenters. The van der Waals surface area contributed by atoms with Crippen molar-refractivity contribution in [2.45, 2.75) is 31.0 Å². The molecule has 0 aromatic heterocycles. The summed E-state index contributed by atoms with van der Waals surface area (Å²) in [5.74, 6) is 1.95. The van der Waals surface area contributed by atoms with Crippen LogP contribution in [-0.4, -0.2) is 49.9 Å². The minimum absolute atomic E-state index is 0.0656. The highest BCUT2D eigenvalue weighted by atomic mass is 79.9. The van der Waals surface area contributed by atoms with Gasteiger partial charge in [-0.1, -0.05) is 40.2 Å². The van der Waals surface area contributed by atoms with Gasteiger partial charge in [0, 0.05) is 47.7 Å². The standard InChI is InChI=1S/C31H34BrN3O6/c1-4-16-31(30(37)35-33-20-23-10-15-26(38-2)19-27(23)39-3)28(21-6-11-24(32)12-7-21)41-29(34-31)22-8-13-25(14-9-22)40-18-5-17-36/h4,6-15,19,28,33,36H,1,5,16-18,20H2,2-3H3,(H,35,37)/t28-,31-/m0/s1. The molecule has 1 aliphatic rings. The van der Waals surface area contributed by atoms with Gasteiger partial charge < -0.3 is 24.1 Å². The first kappa shape index (κ1) is 30.1. The van der Waals surface area contributed by atoms with Gasteiger partial charge in [0.1, 0.15) is 17.2 Å². The number of amides is 1. The highest BCUT2D eigenvalue weighted by molar-refractivity contribution is 9.10. The minimum atomic E-state index is -1.32. The first-order valence-electron chi connectivity index (χ1n) is 13.1. The van der Waals surface area contributed by atoms with Crippen molar-refractivity contribution in [3.63, 3.8) is 0 Å². The molecular formula is C31H34BrN3O6. The largest absolute Gasteiger partial charge is 0.497 e. The van der Waals surface area contributed by atoms with Gasteiger partial charge in [0.2, 0.25) is 5.90 Å². The maximum absolute atomic E-state index is 13.9. The van der Waals surface area contributed by atoms with Crippen LogP contribution in [0.3, 0.4) is 0 Å². The molecule has 0 unspecified atom stereocenters. The van der Waals surface area contributed by atoms with Crippen LogP contribution in [0.15, 0.2) is 88.9 Å². The summed E-state index contributed by atoms with van der Waals surface area (Å²) in [5.41, 5.74) is 6.88. The van der Waals surface area contributed by atoms with Gasteiger partial charge >= 0.3 is 0 Å². The molecule has 1 amide bonds. The number of ether oxygens (including phenoxy) is 4. The summed E-state index contributed by atoms with van der Waals surface area (Å²) >= 11 is 3.48. The van der Waals surface area contributed by atoms with Gasteiger partial charge in [-0.05, 0) is 48.0 Å². The third-order valence-electron chi connectivity index (χ3n) is 6.63. The van der Waals surface area contributed by atoms with E-state index >= 15 is 0 Å². The van der Waals surface area contributed by atoms with Crippen LogP contribution in [-0.2, 0) is 16.1 Å². The molecule has 0 bridgehead atoms. The van der Waals surface area contributed by atoms with E-state index in [1.54, 1.807) is 26.4 Å². The SMILES string of the molecule is C=CC[C@]1(C(=O)NNCc2ccc(OC)cc2OC)N=C(c2ccc(OCCCO)cc2)O[C@H]1c1ccc(Br)cc1. The average molecular weight is 625 g/mol. The topological polar surface area (TPSA) is 111 Å². The van der Waals surface area contributed by atoms with Crippen molar-refractivity contribution in [1.29, 1.82) is 0 Å². The Morgan fingerprint density at radius 2 is 1.83 bits per heavy atom. The van der Waals surface area contributed by atoms with E-state index in [4.69, 9.17) is 29.0 Å². The number of aliphatic hydroxyl groups excluding tert-OH is 1.